The Hall–Kier alpha value is -1.39. The number of phenolic OH excluding ortho intramolecular Hbond substituents is 1. The molecule has 0 unspecified atom stereocenters. The molecule has 4 nitrogen and oxygen atoms in total. The molecule has 1 N–H and O–H groups in total. The standard InChI is InChI=1S/C15H21NO3/c1-15(2,16-7-9-19-10-8-16)14(18)11-12-3-5-13(17)6-4-12/h3-6,17H,7-11H2,1-2H3. The highest BCUT2D eigenvalue weighted by Gasteiger charge is 2.34. The summed E-state index contributed by atoms with van der Waals surface area (Å²) in [6, 6.07) is 6.82. The average Bonchev–Trinajstić information content (AvgIpc) is 2.42. The second-order valence-electron chi connectivity index (χ2n) is 5.42. The second-order valence-corrected chi connectivity index (χ2v) is 5.42. The molecule has 1 aliphatic heterocycles. The number of hydrogen-bond donors (Lipinski definition) is 1. The first-order chi connectivity index (χ1) is 9.00. The molecule has 0 atom stereocenters. The van der Waals surface area contributed by atoms with Crippen LogP contribution in [0.1, 0.15) is 19.4 Å². The van der Waals surface area contributed by atoms with Gasteiger partial charge in [-0.25, -0.2) is 0 Å². The molecule has 1 aromatic rings. The van der Waals surface area contributed by atoms with Crippen LogP contribution in [-0.4, -0.2) is 47.6 Å². The van der Waals surface area contributed by atoms with Gasteiger partial charge in [0, 0.05) is 19.5 Å². The average molecular weight is 263 g/mol. The molecule has 1 saturated heterocycles. The van der Waals surface area contributed by atoms with Crippen molar-refractivity contribution in [3.63, 3.8) is 0 Å². The lowest BCUT2D eigenvalue weighted by Crippen LogP contribution is -2.54. The van der Waals surface area contributed by atoms with Crippen LogP contribution in [0.4, 0.5) is 0 Å². The summed E-state index contributed by atoms with van der Waals surface area (Å²) in [5.74, 6) is 0.420. The van der Waals surface area contributed by atoms with E-state index in [0.717, 1.165) is 18.7 Å². The van der Waals surface area contributed by atoms with E-state index in [-0.39, 0.29) is 11.5 Å². The highest BCUT2D eigenvalue weighted by atomic mass is 16.5. The predicted octanol–water partition coefficient (Wildman–Crippen LogP) is 1.61. The Bertz CT molecular complexity index is 433. The molecule has 0 saturated carbocycles. The molecular formula is C15H21NO3. The predicted molar refractivity (Wildman–Crippen MR) is 73.3 cm³/mol. The van der Waals surface area contributed by atoms with Crippen molar-refractivity contribution in [2.45, 2.75) is 25.8 Å². The Labute approximate surface area is 114 Å². The third kappa shape index (κ3) is 3.33. The minimum absolute atomic E-state index is 0.195. The highest BCUT2D eigenvalue weighted by Crippen LogP contribution is 2.20. The van der Waals surface area contributed by atoms with Crippen LogP contribution in [0.2, 0.25) is 0 Å². The van der Waals surface area contributed by atoms with Gasteiger partial charge in [0.15, 0.2) is 5.78 Å². The van der Waals surface area contributed by atoms with E-state index in [0.29, 0.717) is 19.6 Å². The lowest BCUT2D eigenvalue weighted by atomic mass is 9.91. The molecule has 19 heavy (non-hydrogen) atoms. The van der Waals surface area contributed by atoms with Gasteiger partial charge in [0.05, 0.1) is 18.8 Å². The van der Waals surface area contributed by atoms with Crippen molar-refractivity contribution in [3.8, 4) is 5.75 Å². The number of ether oxygens (including phenoxy) is 1. The van der Waals surface area contributed by atoms with Gasteiger partial charge in [0.25, 0.3) is 0 Å². The van der Waals surface area contributed by atoms with Gasteiger partial charge in [0.1, 0.15) is 5.75 Å². The lowest BCUT2D eigenvalue weighted by Gasteiger charge is -2.39. The monoisotopic (exact) mass is 263 g/mol. The third-order valence-electron chi connectivity index (χ3n) is 3.79. The van der Waals surface area contributed by atoms with Crippen LogP contribution in [0.5, 0.6) is 5.75 Å². The zero-order valence-electron chi connectivity index (χ0n) is 11.6. The number of rotatable bonds is 4. The molecule has 0 amide bonds. The molecular weight excluding hydrogens is 242 g/mol. The molecule has 0 radical (unpaired) electrons. The van der Waals surface area contributed by atoms with Gasteiger partial charge in [-0.3, -0.25) is 9.69 Å². The van der Waals surface area contributed by atoms with Gasteiger partial charge in [0.2, 0.25) is 0 Å². The van der Waals surface area contributed by atoms with E-state index >= 15 is 0 Å². The summed E-state index contributed by atoms with van der Waals surface area (Å²) in [7, 11) is 0. The smallest absolute Gasteiger partial charge is 0.156 e. The van der Waals surface area contributed by atoms with E-state index in [4.69, 9.17) is 4.74 Å². The van der Waals surface area contributed by atoms with Crippen molar-refractivity contribution in [3.05, 3.63) is 29.8 Å². The van der Waals surface area contributed by atoms with Crippen LogP contribution in [0, 0.1) is 0 Å². The van der Waals surface area contributed by atoms with Crippen LogP contribution in [0.15, 0.2) is 24.3 Å². The molecule has 0 spiro atoms. The Balaban J connectivity index is 2.03. The zero-order chi connectivity index (χ0) is 13.9. The van der Waals surface area contributed by atoms with Crippen LogP contribution in [0.3, 0.4) is 0 Å². The first-order valence-corrected chi connectivity index (χ1v) is 6.64. The Kier molecular flexibility index (Phi) is 4.22. The second kappa shape index (κ2) is 5.72. The molecule has 1 aliphatic rings. The number of Topliss-reactive ketones (excluding diaryl/α,β-unsaturated/α-hetero) is 1. The Morgan fingerprint density at radius 1 is 1.26 bits per heavy atom. The van der Waals surface area contributed by atoms with Crippen molar-refractivity contribution < 1.29 is 14.6 Å². The van der Waals surface area contributed by atoms with E-state index in [2.05, 4.69) is 4.90 Å². The van der Waals surface area contributed by atoms with Gasteiger partial charge in [-0.2, -0.15) is 0 Å². The van der Waals surface area contributed by atoms with Crippen molar-refractivity contribution in [1.29, 1.82) is 0 Å². The summed E-state index contributed by atoms with van der Waals surface area (Å²) in [5, 5.41) is 9.25. The van der Waals surface area contributed by atoms with Gasteiger partial charge < -0.3 is 9.84 Å². The number of morpholine rings is 1. The molecule has 0 aliphatic carbocycles. The fourth-order valence-electron chi connectivity index (χ4n) is 2.31. The van der Waals surface area contributed by atoms with E-state index in [9.17, 15) is 9.90 Å². The number of nitrogens with zero attached hydrogens (tertiary/aromatic N) is 1. The van der Waals surface area contributed by atoms with Crippen LogP contribution < -0.4 is 0 Å². The zero-order valence-corrected chi connectivity index (χ0v) is 11.6. The lowest BCUT2D eigenvalue weighted by molar-refractivity contribution is -0.131. The van der Waals surface area contributed by atoms with E-state index in [1.807, 2.05) is 13.8 Å². The number of carbonyl (C=O) groups is 1. The van der Waals surface area contributed by atoms with E-state index in [1.54, 1.807) is 24.3 Å². The third-order valence-corrected chi connectivity index (χ3v) is 3.79. The molecule has 2 rings (SSSR count). The maximum Gasteiger partial charge on any atom is 0.156 e. The number of aromatic hydroxyl groups is 1. The molecule has 1 fully saturated rings. The number of carbonyl (C=O) groups excluding carboxylic acids is 1. The maximum atomic E-state index is 12.5. The topological polar surface area (TPSA) is 49.8 Å². The maximum absolute atomic E-state index is 12.5. The van der Waals surface area contributed by atoms with E-state index < -0.39 is 5.54 Å². The SMILES string of the molecule is CC(C)(C(=O)Cc1ccc(O)cc1)N1CCOCC1. The molecule has 0 aromatic heterocycles. The van der Waals surface area contributed by atoms with Crippen molar-refractivity contribution >= 4 is 5.78 Å². The number of benzene rings is 1. The van der Waals surface area contributed by atoms with E-state index in [1.165, 1.54) is 0 Å². The first kappa shape index (κ1) is 14.0. The minimum Gasteiger partial charge on any atom is -0.508 e. The normalized spacial score (nSPS) is 17.4. The molecule has 4 heteroatoms. The van der Waals surface area contributed by atoms with Gasteiger partial charge in [-0.05, 0) is 31.5 Å². The van der Waals surface area contributed by atoms with Crippen molar-refractivity contribution in [2.24, 2.45) is 0 Å². The summed E-state index contributed by atoms with van der Waals surface area (Å²) < 4.78 is 5.33. The van der Waals surface area contributed by atoms with Gasteiger partial charge in [-0.1, -0.05) is 12.1 Å². The van der Waals surface area contributed by atoms with Gasteiger partial charge in [-0.15, -0.1) is 0 Å². The van der Waals surface area contributed by atoms with Crippen molar-refractivity contribution in [2.75, 3.05) is 26.3 Å². The largest absolute Gasteiger partial charge is 0.508 e. The fraction of sp³-hybridized carbons (Fsp3) is 0.533. The summed E-state index contributed by atoms with van der Waals surface area (Å²) in [6.07, 6.45) is 0.393. The van der Waals surface area contributed by atoms with Gasteiger partial charge >= 0.3 is 0 Å². The summed E-state index contributed by atoms with van der Waals surface area (Å²) >= 11 is 0. The summed E-state index contributed by atoms with van der Waals surface area (Å²) in [4.78, 5) is 14.7. The molecule has 1 heterocycles. The molecule has 104 valence electrons. The minimum atomic E-state index is -0.471. The molecule has 0 bridgehead atoms. The first-order valence-electron chi connectivity index (χ1n) is 6.64. The van der Waals surface area contributed by atoms with Crippen LogP contribution >= 0.6 is 0 Å². The fourth-order valence-corrected chi connectivity index (χ4v) is 2.31. The Morgan fingerprint density at radius 2 is 1.84 bits per heavy atom. The van der Waals surface area contributed by atoms with Crippen LogP contribution in [0.25, 0.3) is 0 Å². The van der Waals surface area contributed by atoms with Crippen molar-refractivity contribution in [1.82, 2.24) is 4.90 Å². The van der Waals surface area contributed by atoms with Crippen LogP contribution in [-0.2, 0) is 16.0 Å². The summed E-state index contributed by atoms with van der Waals surface area (Å²) in [5.41, 5.74) is 0.464. The number of ketones is 1. The molecule has 1 aromatic carbocycles. The number of phenols is 1. The quantitative estimate of drug-likeness (QED) is 0.896. The number of hydrogen-bond acceptors (Lipinski definition) is 4. The summed E-state index contributed by atoms with van der Waals surface area (Å²) in [6.45, 7) is 6.93. The Morgan fingerprint density at radius 3 is 2.42 bits per heavy atom. The highest BCUT2D eigenvalue weighted by molar-refractivity contribution is 5.89.